The first-order valence-corrected chi connectivity index (χ1v) is 10.5. The van der Waals surface area contributed by atoms with Gasteiger partial charge in [-0.25, -0.2) is 9.67 Å². The highest BCUT2D eigenvalue weighted by molar-refractivity contribution is 7.59. The number of benzene rings is 1. The van der Waals surface area contributed by atoms with Gasteiger partial charge in [-0.3, -0.25) is 4.98 Å². The van der Waals surface area contributed by atoms with E-state index in [1.165, 1.54) is 0 Å². The number of aromatic nitrogens is 4. The van der Waals surface area contributed by atoms with Crippen LogP contribution in [0.15, 0.2) is 60.8 Å². The van der Waals surface area contributed by atoms with Crippen LogP contribution in [-0.2, 0) is 6.42 Å². The van der Waals surface area contributed by atoms with Crippen LogP contribution < -0.4 is 5.73 Å². The molecular weight excluding hydrogens is 406 g/mol. The monoisotopic (exact) mass is 433 g/mol. The van der Waals surface area contributed by atoms with Crippen molar-refractivity contribution < 1.29 is 5.11 Å². The second kappa shape index (κ2) is 8.78. The number of hydrogen-bond donors (Lipinski definition) is 2. The molecule has 0 unspecified atom stereocenters. The Morgan fingerprint density at radius 2 is 1.90 bits per heavy atom. The first-order valence-electron chi connectivity index (χ1n) is 10.5. The quantitative estimate of drug-likeness (QED) is 0.498. The third-order valence-corrected chi connectivity index (χ3v) is 6.01. The van der Waals surface area contributed by atoms with Gasteiger partial charge in [-0.1, -0.05) is 31.2 Å². The summed E-state index contributed by atoms with van der Waals surface area (Å²) in [5.74, 6) is 1.11. The Morgan fingerprint density at radius 3 is 2.68 bits per heavy atom. The summed E-state index contributed by atoms with van der Waals surface area (Å²) in [5.41, 5.74) is 11.2. The van der Waals surface area contributed by atoms with Crippen molar-refractivity contribution in [1.29, 1.82) is 0 Å². The predicted octanol–water partition coefficient (Wildman–Crippen LogP) is 3.93. The molecule has 3 aromatic heterocycles. The molecule has 1 aliphatic rings. The molecule has 1 aliphatic carbocycles. The Morgan fingerprint density at radius 1 is 1.10 bits per heavy atom. The lowest BCUT2D eigenvalue weighted by Gasteiger charge is -2.35. The molecule has 6 nitrogen and oxygen atoms in total. The van der Waals surface area contributed by atoms with Crippen molar-refractivity contribution in [2.45, 2.75) is 38.3 Å². The maximum Gasteiger partial charge on any atom is 0.154 e. The van der Waals surface area contributed by atoms with Crippen LogP contribution in [0.1, 0.15) is 37.2 Å². The van der Waals surface area contributed by atoms with E-state index in [-0.39, 0.29) is 25.6 Å². The Kier molecular flexibility index (Phi) is 6.09. The lowest BCUT2D eigenvalue weighted by Crippen LogP contribution is -2.36. The fourth-order valence-corrected chi connectivity index (χ4v) is 4.10. The standard InChI is InChI=1S/C24H25N5O.H2S/c1-2-18-5-3-8-23(27-18)29-22-13-15(9-10-16(22)14-26-29)20-6-4-7-21(28-20)24(25)17-11-19(30)12-17;/h3-10,13-14,17,19,24,30H,2,11-12,25H2,1H3;1H2/t17?,19?,24-;/m0./s1. The number of aliphatic hydroxyl groups is 1. The van der Waals surface area contributed by atoms with Crippen molar-refractivity contribution in [3.63, 3.8) is 0 Å². The number of nitrogens with zero attached hydrogens (tertiary/aromatic N) is 4. The molecular formula is C24H27N5OS. The summed E-state index contributed by atoms with van der Waals surface area (Å²) in [4.78, 5) is 9.55. The number of hydrogen-bond acceptors (Lipinski definition) is 5. The molecule has 31 heavy (non-hydrogen) atoms. The topological polar surface area (TPSA) is 89.9 Å². The molecule has 0 aliphatic heterocycles. The van der Waals surface area contributed by atoms with Gasteiger partial charge in [0.25, 0.3) is 0 Å². The van der Waals surface area contributed by atoms with Crippen molar-refractivity contribution in [3.8, 4) is 17.1 Å². The number of pyridine rings is 2. The molecule has 1 fully saturated rings. The molecule has 160 valence electrons. The predicted molar refractivity (Wildman–Crippen MR) is 128 cm³/mol. The van der Waals surface area contributed by atoms with E-state index in [2.05, 4.69) is 30.2 Å². The Hall–Kier alpha value is -2.74. The number of fused-ring (bicyclic) bond motifs is 1. The summed E-state index contributed by atoms with van der Waals surface area (Å²) >= 11 is 0. The van der Waals surface area contributed by atoms with Crippen molar-refractivity contribution in [3.05, 3.63) is 72.2 Å². The number of aliphatic hydroxyl groups excluding tert-OH is 1. The maximum absolute atomic E-state index is 9.59. The third kappa shape index (κ3) is 4.08. The fraction of sp³-hybridized carbons (Fsp3) is 0.292. The van der Waals surface area contributed by atoms with E-state index >= 15 is 0 Å². The van der Waals surface area contributed by atoms with Crippen LogP contribution >= 0.6 is 13.5 Å². The Bertz CT molecular complexity index is 1200. The lowest BCUT2D eigenvalue weighted by atomic mass is 9.76. The van der Waals surface area contributed by atoms with Gasteiger partial charge in [0.1, 0.15) is 0 Å². The van der Waals surface area contributed by atoms with Gasteiger partial charge >= 0.3 is 0 Å². The van der Waals surface area contributed by atoms with Crippen molar-refractivity contribution >= 4 is 24.4 Å². The number of nitrogens with two attached hydrogens (primary N) is 1. The molecule has 3 N–H and O–H groups in total. The van der Waals surface area contributed by atoms with Crippen LogP contribution in [0.2, 0.25) is 0 Å². The van der Waals surface area contributed by atoms with Gasteiger partial charge in [-0.15, -0.1) is 0 Å². The minimum atomic E-state index is -0.216. The highest BCUT2D eigenvalue weighted by Gasteiger charge is 2.33. The fourth-order valence-electron chi connectivity index (χ4n) is 4.10. The Labute approximate surface area is 188 Å². The van der Waals surface area contributed by atoms with E-state index in [1.807, 2.05) is 47.3 Å². The summed E-state index contributed by atoms with van der Waals surface area (Å²) in [6.07, 6.45) is 4.03. The minimum absolute atomic E-state index is 0. The first-order chi connectivity index (χ1) is 14.6. The summed E-state index contributed by atoms with van der Waals surface area (Å²) < 4.78 is 1.88. The van der Waals surface area contributed by atoms with Crippen molar-refractivity contribution in [1.82, 2.24) is 19.7 Å². The van der Waals surface area contributed by atoms with Crippen LogP contribution in [0.25, 0.3) is 28.0 Å². The van der Waals surface area contributed by atoms with E-state index in [4.69, 9.17) is 15.7 Å². The maximum atomic E-state index is 9.59. The molecule has 0 radical (unpaired) electrons. The zero-order valence-corrected chi connectivity index (χ0v) is 18.4. The normalized spacial score (nSPS) is 18.9. The van der Waals surface area contributed by atoms with E-state index in [0.29, 0.717) is 5.92 Å². The molecule has 3 heterocycles. The molecule has 0 saturated heterocycles. The van der Waals surface area contributed by atoms with Gasteiger partial charge in [-0.05, 0) is 55.5 Å². The van der Waals surface area contributed by atoms with Crippen molar-refractivity contribution in [2.24, 2.45) is 11.7 Å². The summed E-state index contributed by atoms with van der Waals surface area (Å²) in [7, 11) is 0. The molecule has 0 amide bonds. The van der Waals surface area contributed by atoms with Crippen LogP contribution in [-0.4, -0.2) is 31.0 Å². The SMILES string of the molecule is CCc1cccc(-n2ncc3ccc(-c4cccc([C@@H](N)C5CC(O)C5)n4)cc32)n1.S. The van der Waals surface area contributed by atoms with Crippen LogP contribution in [0.5, 0.6) is 0 Å². The van der Waals surface area contributed by atoms with Gasteiger partial charge in [0.2, 0.25) is 0 Å². The van der Waals surface area contributed by atoms with Gasteiger partial charge in [0.15, 0.2) is 5.82 Å². The zero-order valence-electron chi connectivity index (χ0n) is 17.4. The smallest absolute Gasteiger partial charge is 0.154 e. The van der Waals surface area contributed by atoms with Gasteiger partial charge in [0.05, 0.1) is 35.2 Å². The van der Waals surface area contributed by atoms with E-state index < -0.39 is 0 Å². The number of rotatable bonds is 5. The molecule has 1 aromatic carbocycles. The molecule has 1 saturated carbocycles. The molecule has 7 heteroatoms. The summed E-state index contributed by atoms with van der Waals surface area (Å²) in [6.45, 7) is 2.10. The molecule has 1 atom stereocenters. The van der Waals surface area contributed by atoms with Crippen LogP contribution in [0.4, 0.5) is 0 Å². The van der Waals surface area contributed by atoms with Crippen LogP contribution in [0.3, 0.4) is 0 Å². The molecule has 0 bridgehead atoms. The molecule has 4 aromatic rings. The Balaban J connectivity index is 0.00000231. The second-order valence-electron chi connectivity index (χ2n) is 8.03. The number of aryl methyl sites for hydroxylation is 1. The van der Waals surface area contributed by atoms with E-state index in [9.17, 15) is 5.11 Å². The lowest BCUT2D eigenvalue weighted by molar-refractivity contribution is 0.0302. The summed E-state index contributed by atoms with van der Waals surface area (Å²) in [5, 5.41) is 15.2. The van der Waals surface area contributed by atoms with Gasteiger partial charge in [0, 0.05) is 16.6 Å². The van der Waals surface area contributed by atoms with E-state index in [0.717, 1.165) is 58.6 Å². The van der Waals surface area contributed by atoms with Crippen LogP contribution in [0, 0.1) is 5.92 Å². The van der Waals surface area contributed by atoms with Gasteiger partial charge < -0.3 is 10.8 Å². The van der Waals surface area contributed by atoms with Gasteiger partial charge in [-0.2, -0.15) is 18.6 Å². The summed E-state index contributed by atoms with van der Waals surface area (Å²) in [6, 6.07) is 18.1. The molecule has 0 spiro atoms. The third-order valence-electron chi connectivity index (χ3n) is 6.01. The average molecular weight is 434 g/mol. The molecule has 5 rings (SSSR count). The first kappa shape index (κ1) is 21.5. The average Bonchev–Trinajstić information content (AvgIpc) is 3.20. The highest BCUT2D eigenvalue weighted by atomic mass is 32.1. The largest absolute Gasteiger partial charge is 0.393 e. The second-order valence-corrected chi connectivity index (χ2v) is 8.03. The highest BCUT2D eigenvalue weighted by Crippen LogP contribution is 2.36. The zero-order chi connectivity index (χ0) is 20.7. The minimum Gasteiger partial charge on any atom is -0.393 e. The van der Waals surface area contributed by atoms with E-state index in [1.54, 1.807) is 0 Å². The van der Waals surface area contributed by atoms with Crippen molar-refractivity contribution in [2.75, 3.05) is 0 Å².